The smallest absolute Gasteiger partial charge is 0.309 e. The first-order chi connectivity index (χ1) is 5.58. The van der Waals surface area contributed by atoms with E-state index in [4.69, 9.17) is 16.7 Å². The number of hydrogen-bond acceptors (Lipinski definition) is 2. The number of halogens is 2. The minimum Gasteiger partial charge on any atom is -0.481 e. The van der Waals surface area contributed by atoms with Crippen molar-refractivity contribution in [2.24, 2.45) is 0 Å². The zero-order chi connectivity index (χ0) is 9.14. The van der Waals surface area contributed by atoms with Crippen molar-refractivity contribution in [1.82, 2.24) is 4.98 Å². The van der Waals surface area contributed by atoms with Crippen molar-refractivity contribution in [2.75, 3.05) is 0 Å². The molecule has 0 aliphatic carbocycles. The van der Waals surface area contributed by atoms with Crippen molar-refractivity contribution in [3.63, 3.8) is 0 Å². The predicted molar refractivity (Wildman–Crippen MR) is 53.3 cm³/mol. The molecule has 0 saturated heterocycles. The molecule has 0 spiro atoms. The van der Waals surface area contributed by atoms with Gasteiger partial charge in [-0.3, -0.25) is 4.79 Å². The summed E-state index contributed by atoms with van der Waals surface area (Å²) in [4.78, 5) is 14.3. The van der Waals surface area contributed by atoms with Crippen LogP contribution in [0.4, 0.5) is 0 Å². The van der Waals surface area contributed by atoms with Gasteiger partial charge >= 0.3 is 5.97 Å². The van der Waals surface area contributed by atoms with E-state index in [1.165, 1.54) is 0 Å². The number of nitrogens with zero attached hydrogens (tertiary/aromatic N) is 1. The van der Waals surface area contributed by atoms with Crippen LogP contribution in [0.1, 0.15) is 5.69 Å². The Morgan fingerprint density at radius 1 is 1.67 bits per heavy atom. The molecule has 1 rings (SSSR count). The van der Waals surface area contributed by atoms with Gasteiger partial charge < -0.3 is 5.11 Å². The lowest BCUT2D eigenvalue weighted by Gasteiger charge is -1.97. The number of hydrogen-bond donors (Lipinski definition) is 1. The predicted octanol–water partition coefficient (Wildman–Crippen LogP) is 1.97. The number of aliphatic carboxylic acids is 1. The minimum absolute atomic E-state index is 0.0867. The molecule has 12 heavy (non-hydrogen) atoms. The summed E-state index contributed by atoms with van der Waals surface area (Å²) in [5, 5.41) is 8.98. The highest BCUT2D eigenvalue weighted by Crippen LogP contribution is 2.13. The highest BCUT2D eigenvalue weighted by Gasteiger charge is 2.03. The number of carbonyl (C=O) groups is 1. The first-order valence-electron chi connectivity index (χ1n) is 3.11. The number of rotatable bonds is 2. The monoisotopic (exact) mass is 297 g/mol. The van der Waals surface area contributed by atoms with Crippen LogP contribution in [-0.2, 0) is 11.2 Å². The van der Waals surface area contributed by atoms with Gasteiger partial charge in [-0.05, 0) is 34.7 Å². The maximum atomic E-state index is 10.3. The van der Waals surface area contributed by atoms with E-state index in [0.29, 0.717) is 14.4 Å². The maximum Gasteiger partial charge on any atom is 0.309 e. The number of aromatic nitrogens is 1. The summed E-state index contributed by atoms with van der Waals surface area (Å²) < 4.78 is 0.705. The molecular weight excluding hydrogens is 292 g/mol. The first-order valence-corrected chi connectivity index (χ1v) is 4.57. The lowest BCUT2D eigenvalue weighted by molar-refractivity contribution is -0.136. The fraction of sp³-hybridized carbons (Fsp3) is 0.143. The minimum atomic E-state index is -0.902. The molecule has 3 nitrogen and oxygen atoms in total. The van der Waals surface area contributed by atoms with E-state index < -0.39 is 5.97 Å². The molecule has 1 aromatic rings. The molecule has 1 N–H and O–H groups in total. The number of carboxylic acid groups (broad SMARTS) is 1. The van der Waals surface area contributed by atoms with Gasteiger partial charge in [-0.2, -0.15) is 0 Å². The zero-order valence-electron chi connectivity index (χ0n) is 5.92. The third kappa shape index (κ3) is 2.94. The molecule has 1 heterocycles. The van der Waals surface area contributed by atoms with Gasteiger partial charge in [-0.15, -0.1) is 0 Å². The van der Waals surface area contributed by atoms with Crippen LogP contribution in [0.25, 0.3) is 0 Å². The molecule has 0 fully saturated rings. The van der Waals surface area contributed by atoms with Crippen LogP contribution in [0, 0.1) is 3.70 Å². The third-order valence-corrected chi connectivity index (χ3v) is 1.92. The van der Waals surface area contributed by atoms with Crippen LogP contribution in [0.15, 0.2) is 12.1 Å². The Labute approximate surface area is 87.9 Å². The van der Waals surface area contributed by atoms with E-state index in [1.807, 2.05) is 22.6 Å². The highest BCUT2D eigenvalue weighted by atomic mass is 127. The molecule has 0 aliphatic rings. The van der Waals surface area contributed by atoms with E-state index in [-0.39, 0.29) is 6.42 Å². The third-order valence-electron chi connectivity index (χ3n) is 1.14. The van der Waals surface area contributed by atoms with Crippen molar-refractivity contribution in [3.8, 4) is 0 Å². The normalized spacial score (nSPS) is 9.83. The van der Waals surface area contributed by atoms with E-state index in [0.717, 1.165) is 0 Å². The largest absolute Gasteiger partial charge is 0.481 e. The van der Waals surface area contributed by atoms with Crippen molar-refractivity contribution >= 4 is 40.2 Å². The van der Waals surface area contributed by atoms with Gasteiger partial charge in [-0.25, -0.2) is 4.98 Å². The second kappa shape index (κ2) is 4.04. The van der Waals surface area contributed by atoms with Gasteiger partial charge in [0.05, 0.1) is 12.1 Å². The van der Waals surface area contributed by atoms with Crippen molar-refractivity contribution in [2.45, 2.75) is 6.42 Å². The molecule has 0 saturated carbocycles. The SMILES string of the molecule is O=C(O)Cc1cc(Cl)cc(I)n1. The van der Waals surface area contributed by atoms with Crippen LogP contribution in [0.2, 0.25) is 5.02 Å². The van der Waals surface area contributed by atoms with Crippen LogP contribution in [0.5, 0.6) is 0 Å². The van der Waals surface area contributed by atoms with Gasteiger partial charge in [0.2, 0.25) is 0 Å². The average molecular weight is 297 g/mol. The van der Waals surface area contributed by atoms with Crippen LogP contribution in [-0.4, -0.2) is 16.1 Å². The van der Waals surface area contributed by atoms with Crippen molar-refractivity contribution in [1.29, 1.82) is 0 Å². The molecule has 0 amide bonds. The summed E-state index contributed by atoms with van der Waals surface area (Å²) in [6.45, 7) is 0. The highest BCUT2D eigenvalue weighted by molar-refractivity contribution is 14.1. The summed E-state index contributed by atoms with van der Waals surface area (Å²) in [5.41, 5.74) is 0.486. The maximum absolute atomic E-state index is 10.3. The van der Waals surface area contributed by atoms with E-state index >= 15 is 0 Å². The topological polar surface area (TPSA) is 50.2 Å². The van der Waals surface area contributed by atoms with Crippen molar-refractivity contribution < 1.29 is 9.90 Å². The van der Waals surface area contributed by atoms with E-state index in [1.54, 1.807) is 12.1 Å². The van der Waals surface area contributed by atoms with Crippen LogP contribution >= 0.6 is 34.2 Å². The lowest BCUT2D eigenvalue weighted by Crippen LogP contribution is -2.02. The molecular formula is C7H5ClINO2. The molecule has 0 aromatic carbocycles. The average Bonchev–Trinajstić information content (AvgIpc) is 1.81. The molecule has 5 heteroatoms. The van der Waals surface area contributed by atoms with Gasteiger partial charge in [-0.1, -0.05) is 11.6 Å². The van der Waals surface area contributed by atoms with Gasteiger partial charge in [0.1, 0.15) is 3.70 Å². The molecule has 64 valence electrons. The Bertz CT molecular complexity index is 296. The Morgan fingerprint density at radius 3 is 2.83 bits per heavy atom. The molecule has 0 aliphatic heterocycles. The Morgan fingerprint density at radius 2 is 2.33 bits per heavy atom. The zero-order valence-corrected chi connectivity index (χ0v) is 8.83. The first kappa shape index (κ1) is 9.73. The Hall–Kier alpha value is -0.360. The van der Waals surface area contributed by atoms with Crippen LogP contribution < -0.4 is 0 Å². The van der Waals surface area contributed by atoms with Gasteiger partial charge in [0, 0.05) is 5.02 Å². The Kier molecular flexibility index (Phi) is 3.28. The van der Waals surface area contributed by atoms with Crippen molar-refractivity contribution in [3.05, 3.63) is 26.5 Å². The quantitative estimate of drug-likeness (QED) is 0.671. The summed E-state index contributed by atoms with van der Waals surface area (Å²) in [6.07, 6.45) is -0.0867. The van der Waals surface area contributed by atoms with E-state index in [9.17, 15) is 4.79 Å². The standard InChI is InChI=1S/C7H5ClINO2/c8-4-1-5(3-7(11)12)10-6(9)2-4/h1-2H,3H2,(H,11,12). The summed E-state index contributed by atoms with van der Waals surface area (Å²) in [5.74, 6) is -0.902. The second-order valence-electron chi connectivity index (χ2n) is 2.17. The summed E-state index contributed by atoms with van der Waals surface area (Å²) >= 11 is 7.69. The van der Waals surface area contributed by atoms with Gasteiger partial charge in [0.15, 0.2) is 0 Å². The summed E-state index contributed by atoms with van der Waals surface area (Å²) in [7, 11) is 0. The fourth-order valence-electron chi connectivity index (χ4n) is 0.762. The Balaban J connectivity index is 2.93. The summed E-state index contributed by atoms with van der Waals surface area (Å²) in [6, 6.07) is 3.23. The number of pyridine rings is 1. The second-order valence-corrected chi connectivity index (χ2v) is 3.71. The van der Waals surface area contributed by atoms with E-state index in [2.05, 4.69) is 4.98 Å². The molecule has 0 radical (unpaired) electrons. The number of carboxylic acids is 1. The molecule has 0 atom stereocenters. The molecule has 0 bridgehead atoms. The van der Waals surface area contributed by atoms with Crippen LogP contribution in [0.3, 0.4) is 0 Å². The van der Waals surface area contributed by atoms with Gasteiger partial charge in [0.25, 0.3) is 0 Å². The molecule has 1 aromatic heterocycles. The fourth-order valence-corrected chi connectivity index (χ4v) is 1.82. The lowest BCUT2D eigenvalue weighted by atomic mass is 10.3. The molecule has 0 unspecified atom stereocenters.